The lowest BCUT2D eigenvalue weighted by molar-refractivity contribution is -0.0279. The van der Waals surface area contributed by atoms with E-state index in [9.17, 15) is 5.11 Å². The van der Waals surface area contributed by atoms with E-state index in [0.717, 1.165) is 42.2 Å². The normalized spacial score (nSPS) is 26.7. The molecule has 0 spiro atoms. The Bertz CT molecular complexity index is 894. The van der Waals surface area contributed by atoms with E-state index in [2.05, 4.69) is 30.0 Å². The van der Waals surface area contributed by atoms with Crippen LogP contribution in [-0.2, 0) is 4.74 Å². The first kappa shape index (κ1) is 15.7. The minimum absolute atomic E-state index is 0.159. The molecule has 5 rings (SSSR count). The topological polar surface area (TPSA) is 105 Å². The molecule has 3 aromatic heterocycles. The highest BCUT2D eigenvalue weighted by Gasteiger charge is 2.30. The first-order valence-corrected chi connectivity index (χ1v) is 8.99. The van der Waals surface area contributed by atoms with Crippen molar-refractivity contribution in [3.63, 3.8) is 0 Å². The Morgan fingerprint density at radius 1 is 1.23 bits per heavy atom. The number of ether oxygens (including phenoxy) is 1. The summed E-state index contributed by atoms with van der Waals surface area (Å²) < 4.78 is 7.46. The Morgan fingerprint density at radius 3 is 3.04 bits per heavy atom. The predicted octanol–water partition coefficient (Wildman–Crippen LogP) is 0.866. The molecule has 0 bridgehead atoms. The number of hydrogen-bond acceptors (Lipinski definition) is 7. The third-order valence-corrected chi connectivity index (χ3v) is 5.44. The summed E-state index contributed by atoms with van der Waals surface area (Å²) in [6.07, 6.45) is 6.34. The van der Waals surface area contributed by atoms with Crippen LogP contribution >= 0.6 is 0 Å². The average molecular weight is 355 g/mol. The van der Waals surface area contributed by atoms with Crippen LogP contribution in [0.25, 0.3) is 11.2 Å². The van der Waals surface area contributed by atoms with Crippen molar-refractivity contribution in [1.29, 1.82) is 0 Å². The van der Waals surface area contributed by atoms with Gasteiger partial charge in [0.05, 0.1) is 25.1 Å². The molecule has 1 unspecified atom stereocenters. The number of aliphatic hydroxyl groups excluding tert-OH is 1. The fourth-order valence-electron chi connectivity index (χ4n) is 3.99. The van der Waals surface area contributed by atoms with Gasteiger partial charge in [0.25, 0.3) is 0 Å². The lowest BCUT2D eigenvalue weighted by atomic mass is 10.1. The van der Waals surface area contributed by atoms with Gasteiger partial charge in [-0.25, -0.2) is 15.0 Å². The van der Waals surface area contributed by atoms with Crippen LogP contribution < -0.4 is 4.90 Å². The van der Waals surface area contributed by atoms with E-state index in [1.165, 1.54) is 0 Å². The summed E-state index contributed by atoms with van der Waals surface area (Å²) in [5.74, 6) is 1.26. The van der Waals surface area contributed by atoms with Crippen LogP contribution in [0.1, 0.15) is 30.5 Å². The lowest BCUT2D eigenvalue weighted by Gasteiger charge is -2.28. The maximum absolute atomic E-state index is 10.3. The third-order valence-electron chi connectivity index (χ3n) is 5.44. The monoisotopic (exact) mass is 355 g/mol. The smallest absolute Gasteiger partial charge is 0.165 e. The van der Waals surface area contributed by atoms with Crippen LogP contribution in [0.3, 0.4) is 0 Å². The summed E-state index contributed by atoms with van der Waals surface area (Å²) in [7, 11) is 0. The molecule has 2 N–H and O–H groups in total. The zero-order valence-corrected chi connectivity index (χ0v) is 14.3. The number of aromatic amines is 1. The van der Waals surface area contributed by atoms with Crippen molar-refractivity contribution in [2.75, 3.05) is 31.2 Å². The van der Waals surface area contributed by atoms with Gasteiger partial charge < -0.3 is 19.3 Å². The van der Waals surface area contributed by atoms with Crippen molar-refractivity contribution in [3.05, 3.63) is 30.6 Å². The minimum atomic E-state index is -0.448. The molecule has 9 nitrogen and oxygen atoms in total. The second-order valence-electron chi connectivity index (χ2n) is 6.96. The first-order valence-electron chi connectivity index (χ1n) is 8.99. The number of imidazole rings is 1. The molecule has 3 aromatic rings. The number of aliphatic hydroxyl groups is 1. The van der Waals surface area contributed by atoms with Gasteiger partial charge in [0.2, 0.25) is 0 Å². The Hall–Kier alpha value is -2.52. The molecule has 26 heavy (non-hydrogen) atoms. The van der Waals surface area contributed by atoms with Crippen molar-refractivity contribution < 1.29 is 9.84 Å². The molecule has 5 heterocycles. The molecular weight excluding hydrogens is 334 g/mol. The van der Waals surface area contributed by atoms with Gasteiger partial charge in [-0.2, -0.15) is 5.10 Å². The SMILES string of the molecule is O[C@@H]1CCOC[C@H]1n1cnc2c(N3CCC(c4ccn[nH]4)C3)ncnc21. The number of rotatable bonds is 3. The fraction of sp³-hybridized carbons (Fsp3) is 0.529. The highest BCUT2D eigenvalue weighted by Crippen LogP contribution is 2.32. The molecule has 0 amide bonds. The molecule has 3 atom stereocenters. The Morgan fingerprint density at radius 2 is 2.19 bits per heavy atom. The highest BCUT2D eigenvalue weighted by molar-refractivity contribution is 5.83. The second kappa shape index (κ2) is 6.33. The standard InChI is InChI=1S/C17H21N7O2/c25-14-3-6-26-8-13(14)24-10-20-15-16(18-9-19-17(15)24)23-5-2-11(7-23)12-1-4-21-22-12/h1,4,9-11,13-14,25H,2-3,5-8H2,(H,21,22)/t11?,13-,14-/m1/s1. The zero-order valence-electron chi connectivity index (χ0n) is 14.3. The van der Waals surface area contributed by atoms with Gasteiger partial charge in [0.15, 0.2) is 17.0 Å². The van der Waals surface area contributed by atoms with Gasteiger partial charge in [-0.1, -0.05) is 0 Å². The van der Waals surface area contributed by atoms with E-state index in [-0.39, 0.29) is 6.04 Å². The van der Waals surface area contributed by atoms with Crippen LogP contribution in [0.2, 0.25) is 0 Å². The zero-order chi connectivity index (χ0) is 17.5. The van der Waals surface area contributed by atoms with E-state index in [1.807, 2.05) is 10.6 Å². The summed E-state index contributed by atoms with van der Waals surface area (Å²) in [4.78, 5) is 15.8. The number of aromatic nitrogens is 6. The van der Waals surface area contributed by atoms with Gasteiger partial charge in [-0.05, 0) is 18.9 Å². The number of anilines is 1. The van der Waals surface area contributed by atoms with Crippen LogP contribution in [-0.4, -0.2) is 67.2 Å². The summed E-state index contributed by atoms with van der Waals surface area (Å²) in [6, 6.07) is 1.87. The first-order chi connectivity index (χ1) is 12.8. The van der Waals surface area contributed by atoms with E-state index >= 15 is 0 Å². The molecule has 136 valence electrons. The molecule has 9 heteroatoms. The molecule has 2 aliphatic heterocycles. The minimum Gasteiger partial charge on any atom is -0.391 e. The molecule has 0 aliphatic carbocycles. The molecular formula is C17H21N7O2. The molecule has 0 aromatic carbocycles. The summed E-state index contributed by atoms with van der Waals surface area (Å²) in [5.41, 5.74) is 2.68. The average Bonchev–Trinajstić information content (AvgIpc) is 3.41. The summed E-state index contributed by atoms with van der Waals surface area (Å²) >= 11 is 0. The molecule has 2 aliphatic rings. The Kier molecular flexibility index (Phi) is 3.83. The number of H-pyrrole nitrogens is 1. The van der Waals surface area contributed by atoms with Crippen LogP contribution in [0.15, 0.2) is 24.9 Å². The quantitative estimate of drug-likeness (QED) is 0.718. The van der Waals surface area contributed by atoms with Crippen LogP contribution in [0.5, 0.6) is 0 Å². The number of hydrogen-bond donors (Lipinski definition) is 2. The number of fused-ring (bicyclic) bond motifs is 1. The van der Waals surface area contributed by atoms with E-state index in [1.54, 1.807) is 18.9 Å². The van der Waals surface area contributed by atoms with Crippen molar-refractivity contribution in [2.24, 2.45) is 0 Å². The third kappa shape index (κ3) is 2.55. The Labute approximate surface area is 150 Å². The van der Waals surface area contributed by atoms with E-state index in [4.69, 9.17) is 4.74 Å². The predicted molar refractivity (Wildman–Crippen MR) is 94.0 cm³/mol. The van der Waals surface area contributed by atoms with Crippen LogP contribution in [0, 0.1) is 0 Å². The van der Waals surface area contributed by atoms with Gasteiger partial charge in [0, 0.05) is 37.5 Å². The van der Waals surface area contributed by atoms with Crippen molar-refractivity contribution in [2.45, 2.75) is 30.9 Å². The number of nitrogens with zero attached hydrogens (tertiary/aromatic N) is 6. The molecule has 2 fully saturated rings. The lowest BCUT2D eigenvalue weighted by Crippen LogP contribution is -2.33. The van der Waals surface area contributed by atoms with Gasteiger partial charge in [0.1, 0.15) is 6.33 Å². The molecule has 0 radical (unpaired) electrons. The summed E-state index contributed by atoms with van der Waals surface area (Å²) in [5, 5.41) is 17.5. The molecule has 0 saturated carbocycles. The van der Waals surface area contributed by atoms with Gasteiger partial charge >= 0.3 is 0 Å². The fourth-order valence-corrected chi connectivity index (χ4v) is 3.99. The second-order valence-corrected chi connectivity index (χ2v) is 6.96. The largest absolute Gasteiger partial charge is 0.391 e. The Balaban J connectivity index is 1.46. The maximum atomic E-state index is 10.3. The van der Waals surface area contributed by atoms with E-state index < -0.39 is 6.10 Å². The van der Waals surface area contributed by atoms with Crippen molar-refractivity contribution in [3.8, 4) is 0 Å². The summed E-state index contributed by atoms with van der Waals surface area (Å²) in [6.45, 7) is 2.85. The van der Waals surface area contributed by atoms with Gasteiger partial charge in [-0.15, -0.1) is 0 Å². The van der Waals surface area contributed by atoms with E-state index in [0.29, 0.717) is 25.6 Å². The van der Waals surface area contributed by atoms with Gasteiger partial charge in [-0.3, -0.25) is 5.10 Å². The van der Waals surface area contributed by atoms with Crippen molar-refractivity contribution >= 4 is 17.0 Å². The van der Waals surface area contributed by atoms with Crippen molar-refractivity contribution in [1.82, 2.24) is 29.7 Å². The highest BCUT2D eigenvalue weighted by atomic mass is 16.5. The molecule has 2 saturated heterocycles. The van der Waals surface area contributed by atoms with Crippen LogP contribution in [0.4, 0.5) is 5.82 Å². The number of nitrogens with one attached hydrogen (secondary N) is 1. The maximum Gasteiger partial charge on any atom is 0.165 e.